The molecule has 3 heteroatoms. The maximum absolute atomic E-state index is 3.16. The van der Waals surface area contributed by atoms with Crippen molar-refractivity contribution >= 4 is 0 Å². The average Bonchev–Trinajstić information content (AvgIpc) is 2.53. The molecule has 1 heterocycles. The second-order valence-electron chi connectivity index (χ2n) is 3.12. The van der Waals surface area contributed by atoms with Gasteiger partial charge in [0.1, 0.15) is 0 Å². The summed E-state index contributed by atoms with van der Waals surface area (Å²) in [4.78, 5) is 3.96. The third-order valence-electron chi connectivity index (χ3n) is 1.95. The minimum Gasteiger partial charge on any atom is -1.00 e. The Labute approximate surface area is 91.2 Å². The largest absolute Gasteiger partial charge is 1.00 e. The van der Waals surface area contributed by atoms with Crippen LogP contribution in [0.4, 0.5) is 0 Å². The molecule has 0 saturated carbocycles. The van der Waals surface area contributed by atoms with Crippen molar-refractivity contribution < 1.29 is 12.4 Å². The molecule has 1 aromatic carbocycles. The summed E-state index contributed by atoms with van der Waals surface area (Å²) >= 11 is 0. The standard InChI is InChI=1S/C11H12N2.ClH/c1-12-7-8-13(10-12)9-11-5-3-2-4-6-11;/h2-8H,9H2,1H3;1H/q+1;/p-1. The molecule has 14 heavy (non-hydrogen) atoms. The van der Waals surface area contributed by atoms with Crippen LogP contribution < -0.4 is 12.4 Å². The Balaban J connectivity index is 0.000000980. The van der Waals surface area contributed by atoms with Crippen molar-refractivity contribution in [2.24, 2.45) is 0 Å². The average molecular weight is 208 g/mol. The van der Waals surface area contributed by atoms with Gasteiger partial charge in [-0.3, -0.25) is 0 Å². The molecule has 1 aromatic rings. The molecule has 0 spiro atoms. The maximum Gasteiger partial charge on any atom is 0.564 e. The molecule has 0 saturated heterocycles. The van der Waals surface area contributed by atoms with Gasteiger partial charge >= 0.3 is 6.67 Å². The second kappa shape index (κ2) is 4.82. The lowest BCUT2D eigenvalue weighted by Crippen LogP contribution is -3.00. The van der Waals surface area contributed by atoms with Gasteiger partial charge in [0, 0.05) is 0 Å². The highest BCUT2D eigenvalue weighted by Gasteiger charge is 2.27. The number of hydrogen-bond donors (Lipinski definition) is 0. The van der Waals surface area contributed by atoms with Gasteiger partial charge in [0.2, 0.25) is 0 Å². The van der Waals surface area contributed by atoms with Gasteiger partial charge in [-0.25, -0.2) is 0 Å². The number of benzene rings is 1. The number of hydrogen-bond acceptors (Lipinski definition) is 2. The predicted octanol–water partition coefficient (Wildman–Crippen LogP) is -1.09. The van der Waals surface area contributed by atoms with E-state index in [4.69, 9.17) is 0 Å². The van der Waals surface area contributed by atoms with E-state index >= 15 is 0 Å². The molecule has 73 valence electrons. The summed E-state index contributed by atoms with van der Waals surface area (Å²) in [6.45, 7) is 4.05. The maximum atomic E-state index is 3.16. The topological polar surface area (TPSA) is 6.48 Å². The van der Waals surface area contributed by atoms with Crippen molar-refractivity contribution in [1.29, 1.82) is 0 Å². The highest BCUT2D eigenvalue weighted by Crippen LogP contribution is 2.12. The Kier molecular flexibility index (Phi) is 3.72. The van der Waals surface area contributed by atoms with Crippen LogP contribution in [-0.4, -0.2) is 16.8 Å². The van der Waals surface area contributed by atoms with Crippen molar-refractivity contribution in [2.45, 2.75) is 6.54 Å². The van der Waals surface area contributed by atoms with Crippen LogP contribution in [0.1, 0.15) is 5.56 Å². The van der Waals surface area contributed by atoms with E-state index in [0.29, 0.717) is 0 Å². The summed E-state index contributed by atoms with van der Waals surface area (Å²) < 4.78 is 0. The van der Waals surface area contributed by atoms with Gasteiger partial charge in [-0.1, -0.05) is 30.3 Å². The summed E-state index contributed by atoms with van der Waals surface area (Å²) in [6.07, 6.45) is 4.01. The second-order valence-corrected chi connectivity index (χ2v) is 3.12. The minimum absolute atomic E-state index is 0. The Hall–Kier alpha value is -1.28. The van der Waals surface area contributed by atoms with Crippen LogP contribution in [0.15, 0.2) is 42.7 Å². The number of halogens is 1. The summed E-state index contributed by atoms with van der Waals surface area (Å²) in [5, 5.41) is 0. The zero-order valence-electron chi connectivity index (χ0n) is 8.02. The SMILES string of the molecule is CN1[C+]N(Cc2ccccc2)C=C1.[Cl-]. The Morgan fingerprint density at radius 2 is 1.86 bits per heavy atom. The molecule has 0 aromatic heterocycles. The summed E-state index contributed by atoms with van der Waals surface area (Å²) in [5.41, 5.74) is 1.30. The lowest BCUT2D eigenvalue weighted by Gasteiger charge is -2.02. The van der Waals surface area contributed by atoms with Crippen LogP contribution in [0, 0.1) is 6.67 Å². The molecule has 1 radical (unpaired) electrons. The highest BCUT2D eigenvalue weighted by molar-refractivity contribution is 5.15. The number of rotatable bonds is 2. The molecular formula is C11H12ClN2. The zero-order valence-corrected chi connectivity index (χ0v) is 8.78. The Morgan fingerprint density at radius 1 is 1.14 bits per heavy atom. The van der Waals surface area contributed by atoms with Gasteiger partial charge in [0.05, 0.1) is 26.0 Å². The fourth-order valence-corrected chi connectivity index (χ4v) is 1.32. The molecule has 0 atom stereocenters. The van der Waals surface area contributed by atoms with Crippen LogP contribution in [0.2, 0.25) is 0 Å². The fourth-order valence-electron chi connectivity index (χ4n) is 1.32. The third kappa shape index (κ3) is 2.60. The molecule has 0 N–H and O–H groups in total. The Morgan fingerprint density at radius 3 is 2.43 bits per heavy atom. The smallest absolute Gasteiger partial charge is 0.564 e. The lowest BCUT2D eigenvalue weighted by molar-refractivity contribution is -0.00000267. The van der Waals surface area contributed by atoms with Gasteiger partial charge in [0.15, 0.2) is 0 Å². The van der Waals surface area contributed by atoms with E-state index < -0.39 is 0 Å². The Bertz CT molecular complexity index is 297. The normalized spacial score (nSPS) is 13.8. The monoisotopic (exact) mass is 207 g/mol. The molecule has 0 bridgehead atoms. The van der Waals surface area contributed by atoms with Crippen molar-refractivity contribution in [3.63, 3.8) is 0 Å². The van der Waals surface area contributed by atoms with E-state index in [2.05, 4.69) is 30.9 Å². The first-order chi connectivity index (χ1) is 6.34. The van der Waals surface area contributed by atoms with Crippen molar-refractivity contribution in [3.05, 3.63) is 55.0 Å². The van der Waals surface area contributed by atoms with E-state index in [-0.39, 0.29) is 12.4 Å². The number of nitrogens with zero attached hydrogens (tertiary/aromatic N) is 2. The van der Waals surface area contributed by atoms with Gasteiger partial charge < -0.3 is 12.4 Å². The molecule has 2 nitrogen and oxygen atoms in total. The molecule has 0 amide bonds. The fraction of sp³-hybridized carbons (Fsp3) is 0.182. The van der Waals surface area contributed by atoms with Crippen LogP contribution >= 0.6 is 0 Å². The van der Waals surface area contributed by atoms with Crippen LogP contribution in [0.5, 0.6) is 0 Å². The molecule has 2 rings (SSSR count). The molecule has 0 unspecified atom stereocenters. The lowest BCUT2D eigenvalue weighted by atomic mass is 10.2. The minimum atomic E-state index is 0. The van der Waals surface area contributed by atoms with Gasteiger partial charge in [-0.2, -0.15) is 0 Å². The van der Waals surface area contributed by atoms with Gasteiger partial charge in [0.25, 0.3) is 0 Å². The van der Waals surface area contributed by atoms with Crippen LogP contribution in [0.25, 0.3) is 0 Å². The van der Waals surface area contributed by atoms with Crippen LogP contribution in [0.3, 0.4) is 0 Å². The van der Waals surface area contributed by atoms with E-state index in [1.165, 1.54) is 5.56 Å². The molecule has 0 fully saturated rings. The first-order valence-electron chi connectivity index (χ1n) is 4.32. The van der Waals surface area contributed by atoms with Gasteiger partial charge in [-0.15, -0.1) is 9.80 Å². The summed E-state index contributed by atoms with van der Waals surface area (Å²) in [5.74, 6) is 0. The molecule has 1 aliphatic rings. The molecular weight excluding hydrogens is 196 g/mol. The van der Waals surface area contributed by atoms with Crippen molar-refractivity contribution in [3.8, 4) is 0 Å². The van der Waals surface area contributed by atoms with Gasteiger partial charge in [-0.05, 0) is 5.56 Å². The quantitative estimate of drug-likeness (QED) is 0.569. The first kappa shape index (κ1) is 10.8. The van der Waals surface area contributed by atoms with E-state index in [0.717, 1.165) is 6.54 Å². The zero-order chi connectivity index (χ0) is 9.10. The summed E-state index contributed by atoms with van der Waals surface area (Å²) in [6, 6.07) is 10.4. The molecule has 1 aliphatic heterocycles. The first-order valence-corrected chi connectivity index (χ1v) is 4.32. The highest BCUT2D eigenvalue weighted by atomic mass is 35.5. The third-order valence-corrected chi connectivity index (χ3v) is 1.95. The molecule has 0 aliphatic carbocycles. The van der Waals surface area contributed by atoms with E-state index in [9.17, 15) is 0 Å². The predicted molar refractivity (Wildman–Crippen MR) is 52.1 cm³/mol. The van der Waals surface area contributed by atoms with Crippen molar-refractivity contribution in [1.82, 2.24) is 9.80 Å². The van der Waals surface area contributed by atoms with Crippen LogP contribution in [-0.2, 0) is 6.54 Å². The van der Waals surface area contributed by atoms with E-state index in [1.54, 1.807) is 0 Å². The van der Waals surface area contributed by atoms with E-state index in [1.807, 2.05) is 35.3 Å². The summed E-state index contributed by atoms with van der Waals surface area (Å²) in [7, 11) is 1.97. The van der Waals surface area contributed by atoms with Crippen molar-refractivity contribution in [2.75, 3.05) is 7.05 Å².